The quantitative estimate of drug-likeness (QED) is 0.844. The molecule has 0 amide bonds. The summed E-state index contributed by atoms with van der Waals surface area (Å²) in [7, 11) is 1.68. The van der Waals surface area contributed by atoms with Crippen LogP contribution in [0.5, 0.6) is 0 Å². The number of hydrogen-bond donors (Lipinski definition) is 1. The van der Waals surface area contributed by atoms with Crippen LogP contribution in [-0.4, -0.2) is 25.4 Å². The molecule has 1 saturated heterocycles. The second-order valence-electron chi connectivity index (χ2n) is 6.30. The molecule has 1 aliphatic rings. The Labute approximate surface area is 116 Å². The average Bonchev–Trinajstić information content (AvgIpc) is 2.51. The first-order valence-electron chi connectivity index (χ1n) is 6.86. The lowest BCUT2D eigenvalue weighted by Crippen LogP contribution is -2.41. The molecule has 1 heterocycles. The van der Waals surface area contributed by atoms with Crippen molar-refractivity contribution >= 4 is 12.6 Å². The number of rotatable bonds is 3. The Kier molecular flexibility index (Phi) is 3.78. The summed E-state index contributed by atoms with van der Waals surface area (Å²) in [4.78, 5) is 0. The van der Waals surface area contributed by atoms with Crippen molar-refractivity contribution in [3.05, 3.63) is 29.3 Å². The van der Waals surface area contributed by atoms with Gasteiger partial charge in [0, 0.05) is 6.54 Å². The lowest BCUT2D eigenvalue weighted by molar-refractivity contribution is 0.00578. The van der Waals surface area contributed by atoms with Gasteiger partial charge < -0.3 is 14.6 Å². The second kappa shape index (κ2) is 4.93. The van der Waals surface area contributed by atoms with Crippen LogP contribution < -0.4 is 10.8 Å². The average molecular weight is 261 g/mol. The maximum atomic E-state index is 6.08. The summed E-state index contributed by atoms with van der Waals surface area (Å²) in [5.74, 6) is 0. The van der Waals surface area contributed by atoms with Crippen molar-refractivity contribution in [2.45, 2.75) is 52.4 Å². The molecule has 0 unspecified atom stereocenters. The third-order valence-corrected chi connectivity index (χ3v) is 4.27. The Balaban J connectivity index is 2.27. The van der Waals surface area contributed by atoms with E-state index in [9.17, 15) is 0 Å². The Hall–Kier alpha value is -0.835. The van der Waals surface area contributed by atoms with Gasteiger partial charge in [-0.05, 0) is 58.3 Å². The first-order valence-corrected chi connectivity index (χ1v) is 6.86. The topological polar surface area (TPSA) is 30.5 Å². The van der Waals surface area contributed by atoms with E-state index >= 15 is 0 Å². The first-order chi connectivity index (χ1) is 8.77. The van der Waals surface area contributed by atoms with Crippen LogP contribution in [0.4, 0.5) is 0 Å². The van der Waals surface area contributed by atoms with Crippen LogP contribution in [0.1, 0.15) is 38.8 Å². The van der Waals surface area contributed by atoms with Crippen LogP contribution in [0.3, 0.4) is 0 Å². The fraction of sp³-hybridized carbons (Fsp3) is 0.600. The summed E-state index contributed by atoms with van der Waals surface area (Å²) in [5, 5.41) is 3.19. The largest absolute Gasteiger partial charge is 0.494 e. The predicted molar refractivity (Wildman–Crippen MR) is 79.7 cm³/mol. The van der Waals surface area contributed by atoms with Crippen LogP contribution in [0.25, 0.3) is 0 Å². The monoisotopic (exact) mass is 261 g/mol. The Morgan fingerprint density at radius 3 is 2.21 bits per heavy atom. The summed E-state index contributed by atoms with van der Waals surface area (Å²) in [6.07, 6.45) is 0. The molecule has 3 nitrogen and oxygen atoms in total. The van der Waals surface area contributed by atoms with E-state index in [1.807, 2.05) is 7.05 Å². The van der Waals surface area contributed by atoms with Gasteiger partial charge in [0.2, 0.25) is 0 Å². The lowest BCUT2D eigenvalue weighted by atomic mass is 9.78. The molecule has 1 N–H and O–H groups in total. The molecule has 19 heavy (non-hydrogen) atoms. The van der Waals surface area contributed by atoms with Gasteiger partial charge in [-0.2, -0.15) is 0 Å². The Bertz CT molecular complexity index is 455. The van der Waals surface area contributed by atoms with Gasteiger partial charge in [-0.1, -0.05) is 18.2 Å². The van der Waals surface area contributed by atoms with Crippen molar-refractivity contribution < 1.29 is 9.31 Å². The van der Waals surface area contributed by atoms with Crippen LogP contribution in [0.15, 0.2) is 18.2 Å². The molecule has 1 fully saturated rings. The zero-order valence-electron chi connectivity index (χ0n) is 12.8. The van der Waals surface area contributed by atoms with Crippen molar-refractivity contribution in [2.24, 2.45) is 0 Å². The van der Waals surface area contributed by atoms with E-state index in [0.717, 1.165) is 12.0 Å². The molecule has 0 aliphatic carbocycles. The SMILES string of the molecule is CNCc1cc(B2OC(C)(C)C(C)(C)O2)ccc1C. The van der Waals surface area contributed by atoms with E-state index < -0.39 is 0 Å². The fourth-order valence-electron chi connectivity index (χ4n) is 2.20. The maximum Gasteiger partial charge on any atom is 0.494 e. The van der Waals surface area contributed by atoms with Crippen molar-refractivity contribution in [1.29, 1.82) is 0 Å². The Morgan fingerprint density at radius 1 is 1.11 bits per heavy atom. The molecule has 0 atom stereocenters. The first kappa shape index (κ1) is 14.6. The minimum Gasteiger partial charge on any atom is -0.399 e. The van der Waals surface area contributed by atoms with Crippen molar-refractivity contribution in [3.63, 3.8) is 0 Å². The standard InChI is InChI=1S/C15H24BNO2/c1-11-7-8-13(9-12(11)10-17-6)16-18-14(2,3)15(4,5)19-16/h7-9,17H,10H2,1-6H3. The van der Waals surface area contributed by atoms with E-state index in [1.165, 1.54) is 11.1 Å². The highest BCUT2D eigenvalue weighted by Crippen LogP contribution is 2.36. The maximum absolute atomic E-state index is 6.08. The highest BCUT2D eigenvalue weighted by molar-refractivity contribution is 6.62. The van der Waals surface area contributed by atoms with E-state index in [1.54, 1.807) is 0 Å². The highest BCUT2D eigenvalue weighted by Gasteiger charge is 2.51. The van der Waals surface area contributed by atoms with E-state index in [-0.39, 0.29) is 18.3 Å². The zero-order valence-corrected chi connectivity index (χ0v) is 12.8. The van der Waals surface area contributed by atoms with Crippen LogP contribution >= 0.6 is 0 Å². The van der Waals surface area contributed by atoms with E-state index in [4.69, 9.17) is 9.31 Å². The van der Waals surface area contributed by atoms with Gasteiger partial charge in [0.25, 0.3) is 0 Å². The second-order valence-corrected chi connectivity index (χ2v) is 6.30. The molecule has 4 heteroatoms. The summed E-state index contributed by atoms with van der Waals surface area (Å²) in [6.45, 7) is 11.3. The molecule has 1 aromatic rings. The number of aryl methyl sites for hydroxylation is 1. The van der Waals surface area contributed by atoms with Crippen LogP contribution in [0.2, 0.25) is 0 Å². The number of hydrogen-bond acceptors (Lipinski definition) is 3. The minimum absolute atomic E-state index is 0.277. The molecule has 0 spiro atoms. The summed E-state index contributed by atoms with van der Waals surface area (Å²) in [5.41, 5.74) is 3.09. The molecular weight excluding hydrogens is 237 g/mol. The van der Waals surface area contributed by atoms with Crippen molar-refractivity contribution in [1.82, 2.24) is 5.32 Å². The molecule has 1 aromatic carbocycles. The number of benzene rings is 1. The van der Waals surface area contributed by atoms with Crippen LogP contribution in [0, 0.1) is 6.92 Å². The summed E-state index contributed by atoms with van der Waals surface area (Å²) in [6, 6.07) is 6.40. The zero-order chi connectivity index (χ0) is 14.3. The van der Waals surface area contributed by atoms with Gasteiger partial charge in [-0.25, -0.2) is 0 Å². The fourth-order valence-corrected chi connectivity index (χ4v) is 2.20. The molecule has 104 valence electrons. The molecule has 0 bridgehead atoms. The molecule has 2 rings (SSSR count). The minimum atomic E-state index is -0.286. The van der Waals surface area contributed by atoms with Gasteiger partial charge in [0.15, 0.2) is 0 Å². The van der Waals surface area contributed by atoms with E-state index in [0.29, 0.717) is 0 Å². The van der Waals surface area contributed by atoms with E-state index in [2.05, 4.69) is 58.1 Å². The third kappa shape index (κ3) is 2.71. The number of nitrogens with one attached hydrogen (secondary N) is 1. The molecule has 1 aliphatic heterocycles. The predicted octanol–water partition coefficient (Wildman–Crippen LogP) is 2.01. The lowest BCUT2D eigenvalue weighted by Gasteiger charge is -2.32. The van der Waals surface area contributed by atoms with Gasteiger partial charge in [-0.3, -0.25) is 0 Å². The molecule has 0 radical (unpaired) electrons. The van der Waals surface area contributed by atoms with Crippen molar-refractivity contribution in [2.75, 3.05) is 7.05 Å². The normalized spacial score (nSPS) is 20.8. The summed E-state index contributed by atoms with van der Waals surface area (Å²) >= 11 is 0. The molecule has 0 aromatic heterocycles. The van der Waals surface area contributed by atoms with Gasteiger partial charge in [0.05, 0.1) is 11.2 Å². The van der Waals surface area contributed by atoms with Gasteiger partial charge in [-0.15, -0.1) is 0 Å². The molecule has 0 saturated carbocycles. The van der Waals surface area contributed by atoms with Crippen molar-refractivity contribution in [3.8, 4) is 0 Å². The molecular formula is C15H24BNO2. The highest BCUT2D eigenvalue weighted by atomic mass is 16.7. The van der Waals surface area contributed by atoms with Gasteiger partial charge >= 0.3 is 7.12 Å². The van der Waals surface area contributed by atoms with Gasteiger partial charge in [0.1, 0.15) is 0 Å². The third-order valence-electron chi connectivity index (χ3n) is 4.27. The Morgan fingerprint density at radius 2 is 1.68 bits per heavy atom. The van der Waals surface area contributed by atoms with Crippen LogP contribution in [-0.2, 0) is 15.9 Å². The smallest absolute Gasteiger partial charge is 0.399 e. The summed E-state index contributed by atoms with van der Waals surface area (Å²) < 4.78 is 12.2.